The van der Waals surface area contributed by atoms with Crippen molar-refractivity contribution in [2.45, 2.75) is 53.2 Å². The molecule has 0 aromatic rings. The van der Waals surface area contributed by atoms with Crippen LogP contribution >= 0.6 is 0 Å². The summed E-state index contributed by atoms with van der Waals surface area (Å²) in [5, 5.41) is 9.75. The molecule has 0 amide bonds. The van der Waals surface area contributed by atoms with Crippen LogP contribution in [0.1, 0.15) is 47.0 Å². The maximum absolute atomic E-state index is 12.7. The molecular formula is C20H26O4. The second kappa shape index (κ2) is 5.69. The predicted octanol–water partition coefficient (Wildman–Crippen LogP) is 3.32. The molecule has 3 aliphatic rings. The fourth-order valence-electron chi connectivity index (χ4n) is 5.20. The van der Waals surface area contributed by atoms with Crippen LogP contribution in [0.2, 0.25) is 0 Å². The van der Waals surface area contributed by atoms with Crippen molar-refractivity contribution in [2.24, 2.45) is 22.7 Å². The first kappa shape index (κ1) is 17.2. The summed E-state index contributed by atoms with van der Waals surface area (Å²) >= 11 is 0. The topological polar surface area (TPSA) is 63.6 Å². The zero-order chi connectivity index (χ0) is 17.7. The molecule has 0 radical (unpaired) electrons. The average Bonchev–Trinajstić information content (AvgIpc) is 2.74. The van der Waals surface area contributed by atoms with Crippen molar-refractivity contribution in [1.82, 2.24) is 0 Å². The van der Waals surface area contributed by atoms with E-state index in [1.54, 1.807) is 12.2 Å². The number of ketones is 1. The summed E-state index contributed by atoms with van der Waals surface area (Å²) in [5.74, 6) is -0.167. The van der Waals surface area contributed by atoms with Crippen LogP contribution in [-0.2, 0) is 14.3 Å². The molecule has 1 N–H and O–H groups in total. The standard InChI is InChI=1S/C20H26O4/c1-12-10-15(21)17-19(2,3)8-5-9-20(17,4)14(12)7-6-13-11-16(22)24-18(13)23/h6-7,10-11,14,17-18,23H,5,8-9H2,1-4H3/b7-6+/t14-,17-,18+,20+/m0/s1. The van der Waals surface area contributed by atoms with Gasteiger partial charge in [-0.15, -0.1) is 0 Å². The Hall–Kier alpha value is -1.68. The van der Waals surface area contributed by atoms with Gasteiger partial charge in [0, 0.05) is 23.5 Å². The molecule has 2 aliphatic carbocycles. The zero-order valence-electron chi connectivity index (χ0n) is 14.8. The van der Waals surface area contributed by atoms with Crippen LogP contribution in [0.4, 0.5) is 0 Å². The number of esters is 1. The van der Waals surface area contributed by atoms with Gasteiger partial charge in [0.15, 0.2) is 5.78 Å². The molecule has 1 saturated carbocycles. The lowest BCUT2D eigenvalue weighted by atomic mass is 9.48. The van der Waals surface area contributed by atoms with Crippen molar-refractivity contribution in [1.29, 1.82) is 0 Å². The Balaban J connectivity index is 1.97. The lowest BCUT2D eigenvalue weighted by molar-refractivity contribution is -0.151. The van der Waals surface area contributed by atoms with E-state index in [4.69, 9.17) is 4.74 Å². The number of allylic oxidation sites excluding steroid dienone is 3. The highest BCUT2D eigenvalue weighted by atomic mass is 16.6. The Labute approximate surface area is 143 Å². The van der Waals surface area contributed by atoms with Gasteiger partial charge in [0.25, 0.3) is 0 Å². The van der Waals surface area contributed by atoms with Gasteiger partial charge in [-0.05, 0) is 36.7 Å². The van der Waals surface area contributed by atoms with Crippen LogP contribution < -0.4 is 0 Å². The molecule has 0 spiro atoms. The van der Waals surface area contributed by atoms with Gasteiger partial charge in [0.1, 0.15) is 0 Å². The third-order valence-corrected chi connectivity index (χ3v) is 6.11. The minimum atomic E-state index is -1.19. The van der Waals surface area contributed by atoms with Crippen molar-refractivity contribution in [2.75, 3.05) is 0 Å². The quantitative estimate of drug-likeness (QED) is 0.789. The van der Waals surface area contributed by atoms with Gasteiger partial charge in [-0.2, -0.15) is 0 Å². The first-order chi connectivity index (χ1) is 11.1. The Bertz CT molecular complexity index is 667. The zero-order valence-corrected chi connectivity index (χ0v) is 14.8. The van der Waals surface area contributed by atoms with E-state index in [1.807, 2.05) is 13.0 Å². The fraction of sp³-hybridized carbons (Fsp3) is 0.600. The van der Waals surface area contributed by atoms with Crippen molar-refractivity contribution in [3.63, 3.8) is 0 Å². The second-order valence-electron chi connectivity index (χ2n) is 8.34. The van der Waals surface area contributed by atoms with Crippen molar-refractivity contribution < 1.29 is 19.4 Å². The molecule has 3 rings (SSSR count). The summed E-state index contributed by atoms with van der Waals surface area (Å²) in [6.45, 7) is 8.59. The number of hydrogen-bond acceptors (Lipinski definition) is 4. The third kappa shape index (κ3) is 2.67. The number of hydrogen-bond donors (Lipinski definition) is 1. The molecule has 4 nitrogen and oxygen atoms in total. The molecule has 1 aliphatic heterocycles. The molecule has 130 valence electrons. The molecule has 4 atom stereocenters. The van der Waals surface area contributed by atoms with Crippen molar-refractivity contribution >= 4 is 11.8 Å². The van der Waals surface area contributed by atoms with Gasteiger partial charge in [0.2, 0.25) is 6.29 Å². The van der Waals surface area contributed by atoms with E-state index in [2.05, 4.69) is 20.8 Å². The summed E-state index contributed by atoms with van der Waals surface area (Å²) in [7, 11) is 0. The Morgan fingerprint density at radius 2 is 1.92 bits per heavy atom. The normalized spacial score (nSPS) is 38.6. The van der Waals surface area contributed by atoms with E-state index < -0.39 is 12.3 Å². The van der Waals surface area contributed by atoms with E-state index in [1.165, 1.54) is 6.08 Å². The Morgan fingerprint density at radius 3 is 2.54 bits per heavy atom. The molecule has 0 bridgehead atoms. The fourth-order valence-corrected chi connectivity index (χ4v) is 5.20. The molecule has 0 aromatic carbocycles. The van der Waals surface area contributed by atoms with Crippen LogP contribution in [0.5, 0.6) is 0 Å². The summed E-state index contributed by atoms with van der Waals surface area (Å²) < 4.78 is 4.73. The first-order valence-corrected chi connectivity index (χ1v) is 8.66. The molecule has 1 heterocycles. The first-order valence-electron chi connectivity index (χ1n) is 8.66. The number of aliphatic hydroxyl groups is 1. The van der Waals surface area contributed by atoms with Crippen LogP contribution in [0, 0.1) is 22.7 Å². The molecule has 24 heavy (non-hydrogen) atoms. The molecule has 4 heteroatoms. The molecular weight excluding hydrogens is 304 g/mol. The van der Waals surface area contributed by atoms with Gasteiger partial charge in [-0.1, -0.05) is 44.9 Å². The summed E-state index contributed by atoms with van der Waals surface area (Å²) in [4.78, 5) is 24.0. The number of fused-ring (bicyclic) bond motifs is 1. The average molecular weight is 330 g/mol. The van der Waals surface area contributed by atoms with Crippen LogP contribution in [0.15, 0.2) is 35.5 Å². The molecule has 0 aromatic heterocycles. The van der Waals surface area contributed by atoms with Gasteiger partial charge in [0.05, 0.1) is 0 Å². The smallest absolute Gasteiger partial charge is 0.333 e. The lowest BCUT2D eigenvalue weighted by Crippen LogP contribution is -2.52. The predicted molar refractivity (Wildman–Crippen MR) is 90.8 cm³/mol. The highest BCUT2D eigenvalue weighted by Gasteiger charge is 2.54. The van der Waals surface area contributed by atoms with E-state index in [0.29, 0.717) is 5.57 Å². The Morgan fingerprint density at radius 1 is 1.21 bits per heavy atom. The summed E-state index contributed by atoms with van der Waals surface area (Å²) in [5.41, 5.74) is 1.37. The van der Waals surface area contributed by atoms with Gasteiger partial charge in [-0.25, -0.2) is 4.79 Å². The van der Waals surface area contributed by atoms with Crippen LogP contribution in [0.3, 0.4) is 0 Å². The van der Waals surface area contributed by atoms with Crippen molar-refractivity contribution in [3.8, 4) is 0 Å². The number of carbonyl (C=O) groups excluding carboxylic acids is 2. The largest absolute Gasteiger partial charge is 0.428 e. The van der Waals surface area contributed by atoms with E-state index in [9.17, 15) is 14.7 Å². The second-order valence-corrected chi connectivity index (χ2v) is 8.34. The van der Waals surface area contributed by atoms with E-state index >= 15 is 0 Å². The molecule has 0 unspecified atom stereocenters. The van der Waals surface area contributed by atoms with Gasteiger partial charge >= 0.3 is 5.97 Å². The highest BCUT2D eigenvalue weighted by Crippen LogP contribution is 2.58. The van der Waals surface area contributed by atoms with Crippen LogP contribution in [0.25, 0.3) is 0 Å². The monoisotopic (exact) mass is 330 g/mol. The minimum Gasteiger partial charge on any atom is -0.428 e. The van der Waals surface area contributed by atoms with E-state index in [-0.39, 0.29) is 28.4 Å². The maximum atomic E-state index is 12.7. The number of ether oxygens (including phenoxy) is 1. The lowest BCUT2D eigenvalue weighted by Gasteiger charge is -2.55. The highest BCUT2D eigenvalue weighted by molar-refractivity contribution is 5.95. The molecule has 1 fully saturated rings. The number of carbonyl (C=O) groups is 2. The summed E-state index contributed by atoms with van der Waals surface area (Å²) in [6, 6.07) is 0. The van der Waals surface area contributed by atoms with Crippen molar-refractivity contribution in [3.05, 3.63) is 35.5 Å². The van der Waals surface area contributed by atoms with Gasteiger partial charge in [-0.3, -0.25) is 4.79 Å². The minimum absolute atomic E-state index is 0.00235. The van der Waals surface area contributed by atoms with E-state index in [0.717, 1.165) is 24.8 Å². The number of cyclic esters (lactones) is 1. The number of aliphatic hydroxyl groups excluding tert-OH is 1. The van der Waals surface area contributed by atoms with Crippen LogP contribution in [-0.4, -0.2) is 23.1 Å². The Kier molecular flexibility index (Phi) is 4.07. The maximum Gasteiger partial charge on any atom is 0.333 e. The SMILES string of the molecule is CC1=CC(=O)[C@H]2C(C)(C)CCC[C@]2(C)[C@H]1/C=C/C1=CC(=O)O[C@H]1O. The number of rotatable bonds is 2. The molecule has 0 saturated heterocycles. The van der Waals surface area contributed by atoms with Gasteiger partial charge < -0.3 is 9.84 Å². The third-order valence-electron chi connectivity index (χ3n) is 6.11. The summed E-state index contributed by atoms with van der Waals surface area (Å²) in [6.07, 6.45) is 8.90.